The summed E-state index contributed by atoms with van der Waals surface area (Å²) in [6.45, 7) is 2.65. The second-order valence-electron chi connectivity index (χ2n) is 9.07. The van der Waals surface area contributed by atoms with Gasteiger partial charge in [-0.15, -0.1) is 0 Å². The third kappa shape index (κ3) is 6.45. The molecule has 0 spiro atoms. The maximum absolute atomic E-state index is 12.7. The summed E-state index contributed by atoms with van der Waals surface area (Å²) in [6, 6.07) is 14.9. The molecule has 2 heterocycles. The Morgan fingerprint density at radius 1 is 0.943 bits per heavy atom. The molecule has 0 aliphatic carbocycles. The Bertz CT molecular complexity index is 1290. The standard InChI is InChI=1S/C27H32N4O3S/c32-24(28-19-20-12-14-21(15-13-20)25(33)30-16-6-2-7-17-30)11-3-1-8-18-31-26(34)22-9-4-5-10-23(22)29-27(31)35/h4-5,9-10,12-15H,1-3,6-8,11,16-19H2,(H,28,32)(H,29,35). The molecule has 184 valence electrons. The zero-order chi connectivity index (χ0) is 24.6. The summed E-state index contributed by atoms with van der Waals surface area (Å²) < 4.78 is 2.02. The van der Waals surface area contributed by atoms with E-state index in [4.69, 9.17) is 12.2 Å². The van der Waals surface area contributed by atoms with Crippen LogP contribution in [-0.2, 0) is 17.9 Å². The predicted molar refractivity (Wildman–Crippen MR) is 140 cm³/mol. The lowest BCUT2D eigenvalue weighted by molar-refractivity contribution is -0.121. The van der Waals surface area contributed by atoms with Gasteiger partial charge in [0.15, 0.2) is 4.77 Å². The SMILES string of the molecule is O=C(CCCCCn1c(=S)[nH]c2ccccc2c1=O)NCc1ccc(C(=O)N2CCCCC2)cc1. The number of amides is 2. The molecule has 1 aromatic heterocycles. The Labute approximate surface area is 210 Å². The molecule has 1 fully saturated rings. The lowest BCUT2D eigenvalue weighted by Crippen LogP contribution is -2.35. The molecule has 1 aliphatic rings. The molecule has 1 saturated heterocycles. The number of fused-ring (bicyclic) bond motifs is 1. The minimum absolute atomic E-state index is 0.00127. The van der Waals surface area contributed by atoms with Crippen molar-refractivity contribution in [2.24, 2.45) is 0 Å². The van der Waals surface area contributed by atoms with Crippen molar-refractivity contribution >= 4 is 34.9 Å². The highest BCUT2D eigenvalue weighted by atomic mass is 32.1. The van der Waals surface area contributed by atoms with Crippen molar-refractivity contribution in [3.8, 4) is 0 Å². The quantitative estimate of drug-likeness (QED) is 0.339. The van der Waals surface area contributed by atoms with E-state index in [1.54, 1.807) is 10.6 Å². The van der Waals surface area contributed by atoms with Gasteiger partial charge in [0.2, 0.25) is 5.91 Å². The molecule has 4 rings (SSSR count). The van der Waals surface area contributed by atoms with E-state index < -0.39 is 0 Å². The number of carbonyl (C=O) groups excluding carboxylic acids is 2. The fourth-order valence-electron chi connectivity index (χ4n) is 4.47. The number of hydrogen-bond donors (Lipinski definition) is 2. The van der Waals surface area contributed by atoms with E-state index in [1.807, 2.05) is 47.4 Å². The van der Waals surface area contributed by atoms with E-state index in [9.17, 15) is 14.4 Å². The van der Waals surface area contributed by atoms with Gasteiger partial charge in [-0.1, -0.05) is 30.7 Å². The molecule has 2 amide bonds. The summed E-state index contributed by atoms with van der Waals surface area (Å²) in [5, 5.41) is 3.58. The van der Waals surface area contributed by atoms with Crippen LogP contribution in [0.1, 0.15) is 60.9 Å². The maximum atomic E-state index is 12.7. The number of nitrogens with zero attached hydrogens (tertiary/aromatic N) is 2. The molecule has 3 aromatic rings. The Morgan fingerprint density at radius 3 is 2.46 bits per heavy atom. The van der Waals surface area contributed by atoms with E-state index in [0.717, 1.165) is 56.3 Å². The molecule has 35 heavy (non-hydrogen) atoms. The first kappa shape index (κ1) is 24.9. The molecule has 2 aromatic carbocycles. The zero-order valence-corrected chi connectivity index (χ0v) is 20.7. The average Bonchev–Trinajstić information content (AvgIpc) is 2.89. The maximum Gasteiger partial charge on any atom is 0.262 e. The third-order valence-electron chi connectivity index (χ3n) is 6.51. The Kier molecular flexibility index (Phi) is 8.47. The van der Waals surface area contributed by atoms with Crippen LogP contribution in [0.15, 0.2) is 53.3 Å². The zero-order valence-electron chi connectivity index (χ0n) is 19.9. The number of likely N-dealkylation sites (tertiary alicyclic amines) is 1. The number of aromatic nitrogens is 2. The van der Waals surface area contributed by atoms with Crippen molar-refractivity contribution in [1.29, 1.82) is 0 Å². The molecular weight excluding hydrogens is 460 g/mol. The molecule has 8 heteroatoms. The minimum Gasteiger partial charge on any atom is -0.352 e. The van der Waals surface area contributed by atoms with Crippen molar-refractivity contribution in [2.75, 3.05) is 13.1 Å². The first-order chi connectivity index (χ1) is 17.0. The molecule has 0 radical (unpaired) electrons. The van der Waals surface area contributed by atoms with Gasteiger partial charge in [0.05, 0.1) is 10.9 Å². The number of aromatic amines is 1. The van der Waals surface area contributed by atoms with Gasteiger partial charge >= 0.3 is 0 Å². The number of rotatable bonds is 9. The van der Waals surface area contributed by atoms with Crippen LogP contribution in [0.25, 0.3) is 10.9 Å². The van der Waals surface area contributed by atoms with Crippen molar-refractivity contribution in [3.63, 3.8) is 0 Å². The molecule has 0 bridgehead atoms. The highest BCUT2D eigenvalue weighted by Gasteiger charge is 2.17. The van der Waals surface area contributed by atoms with Crippen LogP contribution >= 0.6 is 12.2 Å². The van der Waals surface area contributed by atoms with Gasteiger partial charge in [0.25, 0.3) is 11.5 Å². The highest BCUT2D eigenvalue weighted by molar-refractivity contribution is 7.71. The first-order valence-electron chi connectivity index (χ1n) is 12.4. The van der Waals surface area contributed by atoms with E-state index in [2.05, 4.69) is 10.3 Å². The fraction of sp³-hybridized carbons (Fsp3) is 0.407. The number of H-pyrrole nitrogens is 1. The van der Waals surface area contributed by atoms with E-state index >= 15 is 0 Å². The molecule has 0 saturated carbocycles. The third-order valence-corrected chi connectivity index (χ3v) is 6.83. The molecule has 0 atom stereocenters. The van der Waals surface area contributed by atoms with Crippen molar-refractivity contribution in [1.82, 2.24) is 19.8 Å². The van der Waals surface area contributed by atoms with E-state index in [-0.39, 0.29) is 17.4 Å². The van der Waals surface area contributed by atoms with Crippen LogP contribution in [0.2, 0.25) is 0 Å². The number of benzene rings is 2. The summed E-state index contributed by atoms with van der Waals surface area (Å²) in [7, 11) is 0. The second-order valence-corrected chi connectivity index (χ2v) is 9.46. The summed E-state index contributed by atoms with van der Waals surface area (Å²) in [6.07, 6.45) is 6.13. The first-order valence-corrected chi connectivity index (χ1v) is 12.8. The topological polar surface area (TPSA) is 87.2 Å². The predicted octanol–water partition coefficient (Wildman–Crippen LogP) is 4.56. The molecule has 7 nitrogen and oxygen atoms in total. The van der Waals surface area contributed by atoms with Crippen LogP contribution in [0, 0.1) is 4.77 Å². The van der Waals surface area contributed by atoms with Gasteiger partial charge in [-0.3, -0.25) is 19.0 Å². The van der Waals surface area contributed by atoms with Crippen LogP contribution in [0.5, 0.6) is 0 Å². The number of unbranched alkanes of at least 4 members (excludes halogenated alkanes) is 2. The van der Waals surface area contributed by atoms with Crippen molar-refractivity contribution in [2.45, 2.75) is 58.0 Å². The van der Waals surface area contributed by atoms with Crippen LogP contribution in [0.4, 0.5) is 0 Å². The van der Waals surface area contributed by atoms with E-state index in [1.165, 1.54) is 6.42 Å². The Hall–Kier alpha value is -3.26. The number of nitrogens with one attached hydrogen (secondary N) is 2. The second kappa shape index (κ2) is 11.9. The smallest absolute Gasteiger partial charge is 0.262 e. The van der Waals surface area contributed by atoms with Crippen molar-refractivity contribution in [3.05, 3.63) is 74.8 Å². The fourth-order valence-corrected chi connectivity index (χ4v) is 4.75. The largest absolute Gasteiger partial charge is 0.352 e. The van der Waals surface area contributed by atoms with Crippen LogP contribution in [0.3, 0.4) is 0 Å². The van der Waals surface area contributed by atoms with Gasteiger partial charge in [0, 0.05) is 38.2 Å². The Morgan fingerprint density at radius 2 is 1.69 bits per heavy atom. The van der Waals surface area contributed by atoms with Crippen LogP contribution < -0.4 is 10.9 Å². The summed E-state index contributed by atoms with van der Waals surface area (Å²) >= 11 is 5.35. The molecular formula is C27H32N4O3S. The van der Waals surface area contributed by atoms with Gasteiger partial charge < -0.3 is 15.2 Å². The van der Waals surface area contributed by atoms with Gasteiger partial charge in [0.1, 0.15) is 0 Å². The molecule has 0 unspecified atom stereocenters. The number of piperidine rings is 1. The van der Waals surface area contributed by atoms with Gasteiger partial charge in [-0.2, -0.15) is 0 Å². The summed E-state index contributed by atoms with van der Waals surface area (Å²) in [5.74, 6) is 0.0888. The monoisotopic (exact) mass is 492 g/mol. The lowest BCUT2D eigenvalue weighted by atomic mass is 10.1. The van der Waals surface area contributed by atoms with Gasteiger partial charge in [-0.05, 0) is 74.2 Å². The minimum atomic E-state index is -0.0780. The molecule has 2 N–H and O–H groups in total. The van der Waals surface area contributed by atoms with Crippen molar-refractivity contribution < 1.29 is 9.59 Å². The normalized spacial score (nSPS) is 13.7. The summed E-state index contributed by atoms with van der Waals surface area (Å²) in [4.78, 5) is 42.5. The Balaban J connectivity index is 1.17. The highest BCUT2D eigenvalue weighted by Crippen LogP contribution is 2.14. The van der Waals surface area contributed by atoms with Gasteiger partial charge in [-0.25, -0.2) is 0 Å². The molecule has 1 aliphatic heterocycles. The number of carbonyl (C=O) groups is 2. The lowest BCUT2D eigenvalue weighted by Gasteiger charge is -2.26. The van der Waals surface area contributed by atoms with Crippen LogP contribution in [-0.4, -0.2) is 39.4 Å². The summed E-state index contributed by atoms with van der Waals surface area (Å²) in [5.41, 5.74) is 2.34. The van der Waals surface area contributed by atoms with E-state index in [0.29, 0.717) is 35.2 Å². The average molecular weight is 493 g/mol. The number of para-hydroxylation sites is 1. The number of hydrogen-bond acceptors (Lipinski definition) is 4.